The zero-order valence-corrected chi connectivity index (χ0v) is 18.5. The van der Waals surface area contributed by atoms with Crippen LogP contribution < -0.4 is 0 Å². The molecule has 0 aliphatic carbocycles. The maximum Gasteiger partial charge on any atom is 0.255 e. The van der Waals surface area contributed by atoms with Gasteiger partial charge in [-0.25, -0.2) is 0 Å². The zero-order valence-electron chi connectivity index (χ0n) is 17.7. The number of hydrogen-bond acceptors (Lipinski definition) is 3. The number of fused-ring (bicyclic) bond motifs is 1. The highest BCUT2D eigenvalue weighted by molar-refractivity contribution is 6.33. The van der Waals surface area contributed by atoms with Gasteiger partial charge in [-0.15, -0.1) is 0 Å². The molecule has 5 nitrogen and oxygen atoms in total. The predicted molar refractivity (Wildman–Crippen MR) is 121 cm³/mol. The van der Waals surface area contributed by atoms with E-state index in [9.17, 15) is 9.59 Å². The van der Waals surface area contributed by atoms with Gasteiger partial charge in [-0.2, -0.15) is 0 Å². The average Bonchev–Trinajstić information content (AvgIpc) is 3.49. The summed E-state index contributed by atoms with van der Waals surface area (Å²) in [5.41, 5.74) is 3.60. The summed E-state index contributed by atoms with van der Waals surface area (Å²) in [6.07, 6.45) is 5.64. The number of hydrogen-bond donors (Lipinski definition) is 0. The minimum atomic E-state index is -0.0399. The van der Waals surface area contributed by atoms with Gasteiger partial charge in [0.25, 0.3) is 11.8 Å². The molecule has 1 unspecified atom stereocenters. The summed E-state index contributed by atoms with van der Waals surface area (Å²) in [7, 11) is 0. The number of rotatable bonds is 3. The van der Waals surface area contributed by atoms with Gasteiger partial charge in [0.2, 0.25) is 0 Å². The van der Waals surface area contributed by atoms with Crippen molar-refractivity contribution < 1.29 is 9.59 Å². The SMILES string of the molecule is O=C(c1ccccc1Cl)N1CCc2cc(C(=O)N3CCCC3N3CCCC3)ccc2C1. The molecule has 0 radical (unpaired) electrons. The molecule has 3 heterocycles. The first kappa shape index (κ1) is 20.5. The van der Waals surface area contributed by atoms with E-state index in [0.717, 1.165) is 50.0 Å². The van der Waals surface area contributed by atoms with E-state index in [1.54, 1.807) is 12.1 Å². The van der Waals surface area contributed by atoms with Gasteiger partial charge < -0.3 is 9.80 Å². The number of likely N-dealkylation sites (tertiary alicyclic amines) is 2. The lowest BCUT2D eigenvalue weighted by Crippen LogP contribution is -2.46. The number of amides is 2. The summed E-state index contributed by atoms with van der Waals surface area (Å²) >= 11 is 6.22. The van der Waals surface area contributed by atoms with Crippen LogP contribution in [0.4, 0.5) is 0 Å². The predicted octanol–water partition coefficient (Wildman–Crippen LogP) is 4.20. The molecule has 31 heavy (non-hydrogen) atoms. The second kappa shape index (κ2) is 8.64. The van der Waals surface area contributed by atoms with E-state index < -0.39 is 0 Å². The van der Waals surface area contributed by atoms with Gasteiger partial charge in [0, 0.05) is 38.3 Å². The third kappa shape index (κ3) is 3.97. The quantitative estimate of drug-likeness (QED) is 0.722. The highest BCUT2D eigenvalue weighted by atomic mass is 35.5. The first-order valence-electron chi connectivity index (χ1n) is 11.3. The lowest BCUT2D eigenvalue weighted by atomic mass is 9.96. The van der Waals surface area contributed by atoms with Crippen LogP contribution in [-0.2, 0) is 13.0 Å². The van der Waals surface area contributed by atoms with Crippen molar-refractivity contribution in [3.63, 3.8) is 0 Å². The van der Waals surface area contributed by atoms with Gasteiger partial charge >= 0.3 is 0 Å². The van der Waals surface area contributed by atoms with Crippen molar-refractivity contribution in [2.75, 3.05) is 26.2 Å². The Labute approximate surface area is 188 Å². The molecule has 2 aromatic rings. The van der Waals surface area contributed by atoms with Crippen molar-refractivity contribution >= 4 is 23.4 Å². The largest absolute Gasteiger partial charge is 0.334 e. The fourth-order valence-corrected chi connectivity index (χ4v) is 5.45. The molecule has 0 N–H and O–H groups in total. The minimum absolute atomic E-state index is 0.0399. The van der Waals surface area contributed by atoms with Gasteiger partial charge in [-0.1, -0.05) is 29.8 Å². The summed E-state index contributed by atoms with van der Waals surface area (Å²) in [4.78, 5) is 32.6. The summed E-state index contributed by atoms with van der Waals surface area (Å²) < 4.78 is 0. The first-order chi connectivity index (χ1) is 15.1. The van der Waals surface area contributed by atoms with Crippen molar-refractivity contribution in [3.05, 3.63) is 69.7 Å². The molecular formula is C25H28ClN3O2. The van der Waals surface area contributed by atoms with Crippen LogP contribution in [-0.4, -0.2) is 58.9 Å². The summed E-state index contributed by atoms with van der Waals surface area (Å²) in [6, 6.07) is 13.2. The molecule has 0 bridgehead atoms. The minimum Gasteiger partial charge on any atom is -0.334 e. The third-order valence-corrected chi connectivity index (χ3v) is 7.23. The second-order valence-corrected chi connectivity index (χ2v) is 9.21. The van der Waals surface area contributed by atoms with Gasteiger partial charge in [-0.05, 0) is 67.5 Å². The average molecular weight is 438 g/mol. The number of nitrogens with zero attached hydrogens (tertiary/aromatic N) is 3. The van der Waals surface area contributed by atoms with E-state index in [1.165, 1.54) is 18.4 Å². The molecule has 6 heteroatoms. The van der Waals surface area contributed by atoms with E-state index in [0.29, 0.717) is 23.7 Å². The van der Waals surface area contributed by atoms with Crippen LogP contribution in [0.15, 0.2) is 42.5 Å². The van der Waals surface area contributed by atoms with Crippen LogP contribution >= 0.6 is 11.6 Å². The van der Waals surface area contributed by atoms with E-state index >= 15 is 0 Å². The zero-order chi connectivity index (χ0) is 21.4. The summed E-state index contributed by atoms with van der Waals surface area (Å²) in [6.45, 7) is 4.24. The Morgan fingerprint density at radius 1 is 0.871 bits per heavy atom. The van der Waals surface area contributed by atoms with Crippen molar-refractivity contribution in [1.29, 1.82) is 0 Å². The first-order valence-corrected chi connectivity index (χ1v) is 11.7. The highest BCUT2D eigenvalue weighted by Gasteiger charge is 2.35. The van der Waals surface area contributed by atoms with E-state index in [2.05, 4.69) is 9.80 Å². The fourth-order valence-electron chi connectivity index (χ4n) is 5.24. The Morgan fingerprint density at radius 3 is 2.48 bits per heavy atom. The molecule has 2 saturated heterocycles. The molecule has 0 aromatic heterocycles. The van der Waals surface area contributed by atoms with Crippen molar-refractivity contribution in [3.8, 4) is 0 Å². The van der Waals surface area contributed by atoms with Crippen molar-refractivity contribution in [2.45, 2.75) is 44.8 Å². The van der Waals surface area contributed by atoms with Crippen LogP contribution in [0, 0.1) is 0 Å². The molecular weight excluding hydrogens is 410 g/mol. The van der Waals surface area contributed by atoms with E-state index in [1.807, 2.05) is 35.2 Å². The topological polar surface area (TPSA) is 43.9 Å². The Bertz CT molecular complexity index is 1000. The fraction of sp³-hybridized carbons (Fsp3) is 0.440. The monoisotopic (exact) mass is 437 g/mol. The number of benzene rings is 2. The van der Waals surface area contributed by atoms with Gasteiger partial charge in [0.05, 0.1) is 16.8 Å². The smallest absolute Gasteiger partial charge is 0.255 e. The van der Waals surface area contributed by atoms with Crippen LogP contribution in [0.25, 0.3) is 0 Å². The maximum absolute atomic E-state index is 13.3. The Balaban J connectivity index is 1.31. The lowest BCUT2D eigenvalue weighted by molar-refractivity contribution is 0.0530. The molecule has 3 aliphatic heterocycles. The number of carbonyl (C=O) groups excluding carboxylic acids is 2. The third-order valence-electron chi connectivity index (χ3n) is 6.90. The van der Waals surface area contributed by atoms with Crippen molar-refractivity contribution in [2.24, 2.45) is 0 Å². The van der Waals surface area contributed by atoms with Gasteiger partial charge in [0.1, 0.15) is 0 Å². The van der Waals surface area contributed by atoms with Crippen LogP contribution in [0.1, 0.15) is 57.5 Å². The Kier molecular flexibility index (Phi) is 5.72. The summed E-state index contributed by atoms with van der Waals surface area (Å²) in [5.74, 6) is 0.105. The molecule has 2 fully saturated rings. The molecule has 0 spiro atoms. The van der Waals surface area contributed by atoms with Crippen molar-refractivity contribution in [1.82, 2.24) is 14.7 Å². The molecule has 2 aromatic carbocycles. The summed E-state index contributed by atoms with van der Waals surface area (Å²) in [5, 5.41) is 0.484. The van der Waals surface area contributed by atoms with Crippen LogP contribution in [0.3, 0.4) is 0 Å². The van der Waals surface area contributed by atoms with Crippen LogP contribution in [0.2, 0.25) is 5.02 Å². The molecule has 1 atom stereocenters. The Morgan fingerprint density at radius 2 is 1.68 bits per heavy atom. The number of halogens is 1. The van der Waals surface area contributed by atoms with Crippen LogP contribution in [0.5, 0.6) is 0 Å². The number of carbonyl (C=O) groups is 2. The second-order valence-electron chi connectivity index (χ2n) is 8.80. The normalized spacial score (nSPS) is 21.4. The standard InChI is InChI=1S/C25H28ClN3O2/c26-22-7-2-1-6-21(22)25(31)28-15-11-18-16-19(9-10-20(18)17-28)24(30)29-14-5-8-23(29)27-12-3-4-13-27/h1-2,6-7,9-10,16,23H,3-5,8,11-15,17H2. The van der Waals surface area contributed by atoms with E-state index in [-0.39, 0.29) is 18.0 Å². The molecule has 3 aliphatic rings. The maximum atomic E-state index is 13.3. The molecule has 0 saturated carbocycles. The van der Waals surface area contributed by atoms with Gasteiger partial charge in [0.15, 0.2) is 0 Å². The molecule has 162 valence electrons. The Hall–Kier alpha value is -2.37. The lowest BCUT2D eigenvalue weighted by Gasteiger charge is -2.33. The highest BCUT2D eigenvalue weighted by Crippen LogP contribution is 2.28. The van der Waals surface area contributed by atoms with Gasteiger partial charge in [-0.3, -0.25) is 14.5 Å². The molecule has 2 amide bonds. The van der Waals surface area contributed by atoms with E-state index in [4.69, 9.17) is 11.6 Å². The molecule has 5 rings (SSSR count).